The summed E-state index contributed by atoms with van der Waals surface area (Å²) in [5.41, 5.74) is 1.73. The Balaban J connectivity index is 1.69. The summed E-state index contributed by atoms with van der Waals surface area (Å²) in [6.45, 7) is -0.289. The summed E-state index contributed by atoms with van der Waals surface area (Å²) in [5, 5.41) is 12.9. The van der Waals surface area contributed by atoms with E-state index in [9.17, 15) is 18.3 Å². The van der Waals surface area contributed by atoms with Gasteiger partial charge in [0.15, 0.2) is 0 Å². The number of phenols is 1. The summed E-state index contributed by atoms with van der Waals surface area (Å²) in [6, 6.07) is 7.97. The van der Waals surface area contributed by atoms with E-state index in [2.05, 4.69) is 5.32 Å². The molecule has 6 nitrogen and oxygen atoms in total. The van der Waals surface area contributed by atoms with Gasteiger partial charge >= 0.3 is 0 Å². The SMILES string of the molecule is CN(CC(=O)N[C@H]1CCCc2c(O)cccc21)S(=O)(=O)c1ccc(Cl)s1. The zero-order chi connectivity index (χ0) is 18.9. The van der Waals surface area contributed by atoms with Gasteiger partial charge in [0, 0.05) is 7.05 Å². The van der Waals surface area contributed by atoms with Crippen LogP contribution in [0.2, 0.25) is 4.34 Å². The Morgan fingerprint density at radius 2 is 2.15 bits per heavy atom. The Bertz CT molecular complexity index is 927. The van der Waals surface area contributed by atoms with Crippen LogP contribution in [0.25, 0.3) is 0 Å². The second-order valence-electron chi connectivity index (χ2n) is 6.18. The monoisotopic (exact) mass is 414 g/mol. The Labute approximate surface area is 161 Å². The van der Waals surface area contributed by atoms with Gasteiger partial charge in [0.05, 0.1) is 16.9 Å². The fourth-order valence-electron chi connectivity index (χ4n) is 3.10. The van der Waals surface area contributed by atoms with Crippen molar-refractivity contribution in [3.05, 3.63) is 45.8 Å². The molecule has 1 heterocycles. The van der Waals surface area contributed by atoms with Crippen LogP contribution < -0.4 is 5.32 Å². The predicted molar refractivity (Wildman–Crippen MR) is 101 cm³/mol. The molecule has 0 radical (unpaired) electrons. The number of hydrogen-bond donors (Lipinski definition) is 2. The molecule has 1 amide bonds. The third kappa shape index (κ3) is 3.88. The number of hydrogen-bond acceptors (Lipinski definition) is 5. The van der Waals surface area contributed by atoms with E-state index in [0.717, 1.165) is 46.0 Å². The molecule has 1 aromatic heterocycles. The molecule has 0 aliphatic heterocycles. The van der Waals surface area contributed by atoms with Crippen molar-refractivity contribution in [2.45, 2.75) is 29.5 Å². The molecule has 9 heteroatoms. The van der Waals surface area contributed by atoms with Gasteiger partial charge in [0.2, 0.25) is 5.91 Å². The van der Waals surface area contributed by atoms with Crippen LogP contribution in [0.4, 0.5) is 0 Å². The highest BCUT2D eigenvalue weighted by Crippen LogP contribution is 2.34. The highest BCUT2D eigenvalue weighted by atomic mass is 35.5. The first-order valence-electron chi connectivity index (χ1n) is 8.11. The third-order valence-corrected chi connectivity index (χ3v) is 7.90. The van der Waals surface area contributed by atoms with Gasteiger partial charge in [-0.2, -0.15) is 4.31 Å². The molecule has 1 aromatic carbocycles. The maximum atomic E-state index is 12.5. The fraction of sp³-hybridized carbons (Fsp3) is 0.353. The Morgan fingerprint density at radius 3 is 2.85 bits per heavy atom. The number of benzene rings is 1. The molecule has 1 atom stereocenters. The van der Waals surface area contributed by atoms with E-state index in [0.29, 0.717) is 4.34 Å². The molecular weight excluding hydrogens is 396 g/mol. The van der Waals surface area contributed by atoms with Gasteiger partial charge in [-0.05, 0) is 48.6 Å². The standard InChI is InChI=1S/C17H19ClN2O4S2/c1-20(26(23,24)17-9-8-15(18)25-17)10-16(22)19-13-6-2-5-12-11(13)4-3-7-14(12)21/h3-4,7-9,13,21H,2,5-6,10H2,1H3,(H,19,22)/t13-/m0/s1. The lowest BCUT2D eigenvalue weighted by atomic mass is 9.87. The first kappa shape index (κ1) is 19.2. The van der Waals surface area contributed by atoms with Crippen molar-refractivity contribution in [1.82, 2.24) is 9.62 Å². The number of phenolic OH excluding ortho intramolecular Hbond substituents is 1. The lowest BCUT2D eigenvalue weighted by Crippen LogP contribution is -2.40. The largest absolute Gasteiger partial charge is 0.508 e. The molecule has 140 valence electrons. The third-order valence-electron chi connectivity index (χ3n) is 4.40. The fourth-order valence-corrected chi connectivity index (χ4v) is 5.92. The number of sulfonamides is 1. The Morgan fingerprint density at radius 1 is 1.38 bits per heavy atom. The van der Waals surface area contributed by atoms with Crippen LogP contribution in [0.5, 0.6) is 5.75 Å². The molecule has 3 rings (SSSR count). The van der Waals surface area contributed by atoms with Crippen LogP contribution in [-0.2, 0) is 21.2 Å². The lowest BCUT2D eigenvalue weighted by molar-refractivity contribution is -0.122. The maximum Gasteiger partial charge on any atom is 0.252 e. The van der Waals surface area contributed by atoms with E-state index < -0.39 is 10.0 Å². The Hall–Kier alpha value is -1.61. The van der Waals surface area contributed by atoms with Gasteiger partial charge in [-0.1, -0.05) is 23.7 Å². The summed E-state index contributed by atoms with van der Waals surface area (Å²) >= 11 is 6.76. The quantitative estimate of drug-likeness (QED) is 0.787. The molecule has 0 saturated heterocycles. The van der Waals surface area contributed by atoms with Crippen molar-refractivity contribution in [2.24, 2.45) is 0 Å². The van der Waals surface area contributed by atoms with Crippen molar-refractivity contribution in [1.29, 1.82) is 0 Å². The molecule has 1 aliphatic rings. The number of likely N-dealkylation sites (N-methyl/N-ethyl adjacent to an activating group) is 1. The van der Waals surface area contributed by atoms with Crippen LogP contribution in [0.15, 0.2) is 34.5 Å². The number of amides is 1. The summed E-state index contributed by atoms with van der Waals surface area (Å²) < 4.78 is 26.4. The van der Waals surface area contributed by atoms with E-state index in [1.165, 1.54) is 19.2 Å². The van der Waals surface area contributed by atoms with Crippen molar-refractivity contribution < 1.29 is 18.3 Å². The number of carbonyl (C=O) groups is 1. The minimum absolute atomic E-state index is 0.103. The van der Waals surface area contributed by atoms with Gasteiger partial charge in [-0.3, -0.25) is 4.79 Å². The first-order chi connectivity index (χ1) is 12.3. The van der Waals surface area contributed by atoms with Crippen LogP contribution in [-0.4, -0.2) is 37.3 Å². The average molecular weight is 415 g/mol. The molecular formula is C17H19ClN2O4S2. The lowest BCUT2D eigenvalue weighted by Gasteiger charge is -2.27. The summed E-state index contributed by atoms with van der Waals surface area (Å²) in [5.74, 6) is -0.157. The highest BCUT2D eigenvalue weighted by molar-refractivity contribution is 7.91. The van der Waals surface area contributed by atoms with Crippen LogP contribution in [0.1, 0.15) is 30.0 Å². The number of aromatic hydroxyl groups is 1. The minimum Gasteiger partial charge on any atom is -0.508 e. The molecule has 0 bridgehead atoms. The number of nitrogens with zero attached hydrogens (tertiary/aromatic N) is 1. The van der Waals surface area contributed by atoms with Crippen molar-refractivity contribution in [3.8, 4) is 5.75 Å². The zero-order valence-electron chi connectivity index (χ0n) is 14.1. The van der Waals surface area contributed by atoms with Gasteiger partial charge in [0.25, 0.3) is 10.0 Å². The second kappa shape index (κ2) is 7.56. The van der Waals surface area contributed by atoms with E-state index in [1.807, 2.05) is 6.07 Å². The minimum atomic E-state index is -3.75. The summed E-state index contributed by atoms with van der Waals surface area (Å²) in [7, 11) is -2.39. The molecule has 2 N–H and O–H groups in total. The van der Waals surface area contributed by atoms with Crippen molar-refractivity contribution in [2.75, 3.05) is 13.6 Å². The molecule has 2 aromatic rings. The van der Waals surface area contributed by atoms with Gasteiger partial charge < -0.3 is 10.4 Å². The second-order valence-corrected chi connectivity index (χ2v) is 10.2. The maximum absolute atomic E-state index is 12.5. The van der Waals surface area contributed by atoms with Gasteiger partial charge in [-0.25, -0.2) is 8.42 Å². The predicted octanol–water partition coefficient (Wildman–Crippen LogP) is 2.92. The van der Waals surface area contributed by atoms with Crippen LogP contribution >= 0.6 is 22.9 Å². The van der Waals surface area contributed by atoms with Crippen LogP contribution in [0, 0.1) is 0 Å². The molecule has 0 spiro atoms. The summed E-state index contributed by atoms with van der Waals surface area (Å²) in [4.78, 5) is 12.4. The normalized spacial score (nSPS) is 17.1. The zero-order valence-corrected chi connectivity index (χ0v) is 16.5. The number of carbonyl (C=O) groups excluding carboxylic acids is 1. The number of fused-ring (bicyclic) bond motifs is 1. The van der Waals surface area contributed by atoms with Crippen LogP contribution in [0.3, 0.4) is 0 Å². The first-order valence-corrected chi connectivity index (χ1v) is 10.7. The number of rotatable bonds is 5. The van der Waals surface area contributed by atoms with Crippen molar-refractivity contribution >= 4 is 38.9 Å². The summed E-state index contributed by atoms with van der Waals surface area (Å²) in [6.07, 6.45) is 2.36. The van der Waals surface area contributed by atoms with E-state index in [-0.39, 0.29) is 28.5 Å². The van der Waals surface area contributed by atoms with E-state index in [1.54, 1.807) is 12.1 Å². The number of halogens is 1. The molecule has 26 heavy (non-hydrogen) atoms. The van der Waals surface area contributed by atoms with Gasteiger partial charge in [-0.15, -0.1) is 11.3 Å². The smallest absolute Gasteiger partial charge is 0.252 e. The molecule has 1 aliphatic carbocycles. The van der Waals surface area contributed by atoms with E-state index in [4.69, 9.17) is 11.6 Å². The van der Waals surface area contributed by atoms with Crippen molar-refractivity contribution in [3.63, 3.8) is 0 Å². The topological polar surface area (TPSA) is 86.7 Å². The number of nitrogens with one attached hydrogen (secondary N) is 1. The average Bonchev–Trinajstić information content (AvgIpc) is 3.03. The van der Waals surface area contributed by atoms with E-state index >= 15 is 0 Å². The molecule has 0 unspecified atom stereocenters. The molecule has 0 saturated carbocycles. The Kier molecular flexibility index (Phi) is 5.57. The number of thiophene rings is 1. The highest BCUT2D eigenvalue weighted by Gasteiger charge is 2.27. The molecule has 0 fully saturated rings. The van der Waals surface area contributed by atoms with Gasteiger partial charge in [0.1, 0.15) is 9.96 Å².